The molecule has 0 aromatic rings. The van der Waals surface area contributed by atoms with Crippen molar-refractivity contribution in [2.45, 2.75) is 0 Å². The van der Waals surface area contributed by atoms with Gasteiger partial charge in [-0.05, 0) is 14.1 Å². The van der Waals surface area contributed by atoms with Gasteiger partial charge in [-0.2, -0.15) is 0 Å². The van der Waals surface area contributed by atoms with Crippen LogP contribution in [0.5, 0.6) is 0 Å². The lowest BCUT2D eigenvalue weighted by Crippen LogP contribution is -2.14. The second-order valence-electron chi connectivity index (χ2n) is 2.20. The average molecular weight is 167 g/mol. The van der Waals surface area contributed by atoms with E-state index in [0.29, 0.717) is 6.29 Å². The predicted molar refractivity (Wildman–Crippen MR) is 40.2 cm³/mol. The summed E-state index contributed by atoms with van der Waals surface area (Å²) < 4.78 is 20.7. The van der Waals surface area contributed by atoms with E-state index in [1.807, 2.05) is 14.1 Å². The molecule has 0 aliphatic rings. The molecule has 0 heterocycles. The van der Waals surface area contributed by atoms with Gasteiger partial charge in [0.2, 0.25) is 0 Å². The molecular weight excluding hydrogens is 153 g/mol. The normalized spacial score (nSPS) is 12.5. The quantitative estimate of drug-likeness (QED) is 0.585. The van der Waals surface area contributed by atoms with Gasteiger partial charge in [0.15, 0.2) is 0 Å². The van der Waals surface area contributed by atoms with Crippen molar-refractivity contribution in [1.29, 1.82) is 0 Å². The first-order valence-corrected chi connectivity index (χ1v) is 4.62. The lowest BCUT2D eigenvalue weighted by Gasteiger charge is -2.17. The lowest BCUT2D eigenvalue weighted by atomic mass is 11.0. The van der Waals surface area contributed by atoms with Crippen LogP contribution in [0.1, 0.15) is 0 Å². The third-order valence-electron chi connectivity index (χ3n) is 1.01. The molecule has 5 heteroatoms. The third kappa shape index (κ3) is 3.32. The van der Waals surface area contributed by atoms with Crippen LogP contribution in [0.3, 0.4) is 0 Å². The Hall–Kier alpha value is 0.110. The van der Waals surface area contributed by atoms with Crippen molar-refractivity contribution in [3.05, 3.63) is 0 Å². The van der Waals surface area contributed by atoms with E-state index in [1.54, 1.807) is 4.90 Å². The van der Waals surface area contributed by atoms with Crippen LogP contribution < -0.4 is 0 Å². The summed E-state index contributed by atoms with van der Waals surface area (Å²) in [4.78, 5) is 1.76. The molecular formula is C5H14NO3P. The highest BCUT2D eigenvalue weighted by Crippen LogP contribution is 2.45. The van der Waals surface area contributed by atoms with E-state index in [1.165, 1.54) is 14.2 Å². The molecule has 10 heavy (non-hydrogen) atoms. The maximum Gasteiger partial charge on any atom is 0.343 e. The molecule has 0 saturated carbocycles. The lowest BCUT2D eigenvalue weighted by molar-refractivity contribution is 0.258. The van der Waals surface area contributed by atoms with Crippen LogP contribution in [-0.4, -0.2) is 39.5 Å². The Kier molecular flexibility index (Phi) is 4.13. The average Bonchev–Trinajstić information content (AvgIpc) is 1.87. The van der Waals surface area contributed by atoms with Gasteiger partial charge < -0.3 is 9.05 Å². The Morgan fingerprint density at radius 2 is 1.70 bits per heavy atom. The van der Waals surface area contributed by atoms with Crippen molar-refractivity contribution < 1.29 is 13.6 Å². The zero-order valence-electron chi connectivity index (χ0n) is 6.83. The van der Waals surface area contributed by atoms with Gasteiger partial charge in [0.05, 0.1) is 0 Å². The Morgan fingerprint density at radius 3 is 1.80 bits per heavy atom. The van der Waals surface area contributed by atoms with Crippen molar-refractivity contribution in [1.82, 2.24) is 4.90 Å². The van der Waals surface area contributed by atoms with E-state index in [9.17, 15) is 4.57 Å². The smallest absolute Gasteiger partial charge is 0.311 e. The van der Waals surface area contributed by atoms with E-state index >= 15 is 0 Å². The highest BCUT2D eigenvalue weighted by molar-refractivity contribution is 7.53. The molecule has 0 amide bonds. The number of hydrogen-bond donors (Lipinski definition) is 0. The molecule has 0 aromatic carbocycles. The Bertz CT molecular complexity index is 129. The molecule has 0 rings (SSSR count). The molecule has 4 nitrogen and oxygen atoms in total. The fourth-order valence-corrected chi connectivity index (χ4v) is 1.61. The second-order valence-corrected chi connectivity index (χ2v) is 4.43. The van der Waals surface area contributed by atoms with Crippen LogP contribution in [0.15, 0.2) is 0 Å². The first kappa shape index (κ1) is 10.1. The Morgan fingerprint density at radius 1 is 1.30 bits per heavy atom. The topological polar surface area (TPSA) is 38.8 Å². The zero-order chi connectivity index (χ0) is 8.20. The summed E-state index contributed by atoms with van der Waals surface area (Å²) in [5, 5.41) is 0. The molecule has 0 fully saturated rings. The fraction of sp³-hybridized carbons (Fsp3) is 1.00. The SMILES string of the molecule is COP(=O)(CN(C)C)OC. The first-order valence-electron chi connectivity index (χ1n) is 2.89. The highest BCUT2D eigenvalue weighted by atomic mass is 31.2. The number of rotatable bonds is 4. The minimum absolute atomic E-state index is 0.319. The Balaban J connectivity index is 3.94. The monoisotopic (exact) mass is 167 g/mol. The van der Waals surface area contributed by atoms with E-state index in [2.05, 4.69) is 9.05 Å². The van der Waals surface area contributed by atoms with Crippen LogP contribution in [-0.2, 0) is 13.6 Å². The molecule has 0 radical (unpaired) electrons. The van der Waals surface area contributed by atoms with Crippen LogP contribution in [0.25, 0.3) is 0 Å². The predicted octanol–water partition coefficient (Wildman–Crippen LogP) is 0.991. The largest absolute Gasteiger partial charge is 0.343 e. The highest BCUT2D eigenvalue weighted by Gasteiger charge is 2.21. The molecule has 62 valence electrons. The van der Waals surface area contributed by atoms with E-state index in [4.69, 9.17) is 0 Å². The van der Waals surface area contributed by atoms with Gasteiger partial charge >= 0.3 is 7.60 Å². The third-order valence-corrected chi connectivity index (χ3v) is 3.04. The Labute approximate surface area is 61.6 Å². The maximum absolute atomic E-state index is 11.3. The summed E-state index contributed by atoms with van der Waals surface area (Å²) in [6, 6.07) is 0. The summed E-state index contributed by atoms with van der Waals surface area (Å²) in [5.41, 5.74) is 0. The standard InChI is InChI=1S/C5H14NO3P/c1-6(2)5-10(7,8-3)9-4/h5H2,1-4H3. The fourth-order valence-electron chi connectivity index (χ4n) is 0.536. The van der Waals surface area contributed by atoms with Crippen LogP contribution in [0.4, 0.5) is 0 Å². The molecule has 0 aliphatic heterocycles. The van der Waals surface area contributed by atoms with Crippen molar-refractivity contribution in [2.24, 2.45) is 0 Å². The minimum Gasteiger partial charge on any atom is -0.311 e. The summed E-state index contributed by atoms with van der Waals surface area (Å²) in [6.45, 7) is 0. The van der Waals surface area contributed by atoms with E-state index in [-0.39, 0.29) is 0 Å². The maximum atomic E-state index is 11.3. The van der Waals surface area contributed by atoms with Gasteiger partial charge in [0.1, 0.15) is 6.29 Å². The molecule has 0 saturated heterocycles. The number of hydrogen-bond acceptors (Lipinski definition) is 4. The molecule has 0 atom stereocenters. The van der Waals surface area contributed by atoms with E-state index < -0.39 is 7.60 Å². The number of nitrogens with zero attached hydrogens (tertiary/aromatic N) is 1. The molecule has 0 bridgehead atoms. The van der Waals surface area contributed by atoms with Gasteiger partial charge in [-0.3, -0.25) is 9.46 Å². The van der Waals surface area contributed by atoms with Crippen molar-refractivity contribution in [3.63, 3.8) is 0 Å². The van der Waals surface area contributed by atoms with E-state index in [0.717, 1.165) is 0 Å². The first-order chi connectivity index (χ1) is 4.54. The van der Waals surface area contributed by atoms with Gasteiger partial charge in [-0.15, -0.1) is 0 Å². The summed E-state index contributed by atoms with van der Waals surface area (Å²) in [7, 11) is 3.57. The zero-order valence-corrected chi connectivity index (χ0v) is 7.72. The van der Waals surface area contributed by atoms with Gasteiger partial charge in [0, 0.05) is 14.2 Å². The molecule has 0 aliphatic carbocycles. The van der Waals surface area contributed by atoms with Gasteiger partial charge in [-0.25, -0.2) is 0 Å². The molecule has 0 spiro atoms. The van der Waals surface area contributed by atoms with Crippen LogP contribution >= 0.6 is 7.60 Å². The summed E-state index contributed by atoms with van der Waals surface area (Å²) >= 11 is 0. The van der Waals surface area contributed by atoms with Crippen molar-refractivity contribution in [3.8, 4) is 0 Å². The van der Waals surface area contributed by atoms with Crippen LogP contribution in [0.2, 0.25) is 0 Å². The molecule has 0 aromatic heterocycles. The molecule has 0 unspecified atom stereocenters. The minimum atomic E-state index is -2.81. The van der Waals surface area contributed by atoms with Gasteiger partial charge in [-0.1, -0.05) is 0 Å². The van der Waals surface area contributed by atoms with Crippen LogP contribution in [0, 0.1) is 0 Å². The summed E-state index contributed by atoms with van der Waals surface area (Å²) in [6.07, 6.45) is 0.319. The molecule has 0 N–H and O–H groups in total. The van der Waals surface area contributed by atoms with Gasteiger partial charge in [0.25, 0.3) is 0 Å². The van der Waals surface area contributed by atoms with Crippen molar-refractivity contribution in [2.75, 3.05) is 34.6 Å². The second kappa shape index (κ2) is 4.09. The van der Waals surface area contributed by atoms with Crippen molar-refractivity contribution >= 4 is 7.60 Å². The summed E-state index contributed by atoms with van der Waals surface area (Å²) in [5.74, 6) is 0.